The highest BCUT2D eigenvalue weighted by atomic mass is 16.5. The van der Waals surface area contributed by atoms with Gasteiger partial charge in [-0.2, -0.15) is 15.0 Å². The van der Waals surface area contributed by atoms with Gasteiger partial charge in [-0.05, 0) is 43.5 Å². The number of aromatic nitrogens is 4. The van der Waals surface area contributed by atoms with E-state index in [1.807, 2.05) is 18.2 Å². The predicted molar refractivity (Wildman–Crippen MR) is 111 cm³/mol. The van der Waals surface area contributed by atoms with Gasteiger partial charge < -0.3 is 14.4 Å². The second-order valence-corrected chi connectivity index (χ2v) is 7.27. The van der Waals surface area contributed by atoms with Gasteiger partial charge in [0, 0.05) is 12.7 Å². The van der Waals surface area contributed by atoms with Crippen LogP contribution in [0.25, 0.3) is 5.69 Å². The van der Waals surface area contributed by atoms with Crippen LogP contribution in [0.15, 0.2) is 48.9 Å². The average molecular weight is 421 g/mol. The van der Waals surface area contributed by atoms with Gasteiger partial charge in [0.25, 0.3) is 5.91 Å². The van der Waals surface area contributed by atoms with Gasteiger partial charge in [-0.1, -0.05) is 12.1 Å². The van der Waals surface area contributed by atoms with Crippen molar-refractivity contribution in [3.63, 3.8) is 0 Å². The number of piperidine rings is 1. The van der Waals surface area contributed by atoms with Crippen LogP contribution < -0.4 is 4.74 Å². The summed E-state index contributed by atoms with van der Waals surface area (Å²) in [6.07, 6.45) is 5.97. The number of esters is 1. The number of carbonyl (C=O) groups excluding carboxylic acids is 2. The topological polar surface area (TPSA) is 99.4 Å². The number of methoxy groups -OCH3 is 1. The van der Waals surface area contributed by atoms with E-state index in [4.69, 9.17) is 9.47 Å². The molecule has 1 aliphatic rings. The van der Waals surface area contributed by atoms with Crippen LogP contribution in [0.5, 0.6) is 5.88 Å². The lowest BCUT2D eigenvalue weighted by Crippen LogP contribution is -2.44. The molecule has 3 aromatic rings. The van der Waals surface area contributed by atoms with E-state index >= 15 is 0 Å². The van der Waals surface area contributed by atoms with Crippen LogP contribution in [0.2, 0.25) is 0 Å². The molecule has 1 aliphatic heterocycles. The maximum Gasteiger partial charge on any atom is 0.343 e. The Bertz CT molecular complexity index is 1080. The largest absolute Gasteiger partial charge is 0.472 e. The van der Waals surface area contributed by atoms with Gasteiger partial charge in [-0.25, -0.2) is 9.78 Å². The molecule has 9 heteroatoms. The van der Waals surface area contributed by atoms with Crippen molar-refractivity contribution < 1.29 is 19.1 Å². The molecule has 0 radical (unpaired) electrons. The molecular formula is C22H23N5O4. The van der Waals surface area contributed by atoms with Crippen molar-refractivity contribution in [2.24, 2.45) is 0 Å². The van der Waals surface area contributed by atoms with Crippen LogP contribution in [0.1, 0.15) is 39.1 Å². The first-order valence-corrected chi connectivity index (χ1v) is 10.0. The van der Waals surface area contributed by atoms with Gasteiger partial charge in [0.1, 0.15) is 11.7 Å². The van der Waals surface area contributed by atoms with Gasteiger partial charge >= 0.3 is 5.97 Å². The smallest absolute Gasteiger partial charge is 0.343 e. The highest BCUT2D eigenvalue weighted by Gasteiger charge is 2.29. The van der Waals surface area contributed by atoms with Crippen LogP contribution in [-0.2, 0) is 4.74 Å². The molecule has 3 heterocycles. The van der Waals surface area contributed by atoms with E-state index in [1.54, 1.807) is 42.5 Å². The van der Waals surface area contributed by atoms with Crippen molar-refractivity contribution in [3.8, 4) is 11.6 Å². The summed E-state index contributed by atoms with van der Waals surface area (Å²) in [5, 5.41) is 8.29. The van der Waals surface area contributed by atoms with Gasteiger partial charge in [-0.3, -0.25) is 4.79 Å². The zero-order valence-corrected chi connectivity index (χ0v) is 17.4. The fourth-order valence-corrected chi connectivity index (χ4v) is 3.69. The Hall–Kier alpha value is -3.75. The molecular weight excluding hydrogens is 398 g/mol. The summed E-state index contributed by atoms with van der Waals surface area (Å²) in [4.78, 5) is 32.9. The number of ether oxygens (including phenoxy) is 2. The molecule has 0 saturated carbocycles. The number of para-hydroxylation sites is 1. The monoisotopic (exact) mass is 421 g/mol. The summed E-state index contributed by atoms with van der Waals surface area (Å²) in [6.45, 7) is 2.80. The van der Waals surface area contributed by atoms with E-state index in [2.05, 4.69) is 15.2 Å². The second-order valence-electron chi connectivity index (χ2n) is 7.27. The van der Waals surface area contributed by atoms with E-state index < -0.39 is 5.97 Å². The minimum atomic E-state index is -0.495. The fourth-order valence-electron chi connectivity index (χ4n) is 3.69. The Morgan fingerprint density at radius 2 is 1.87 bits per heavy atom. The molecule has 2 aromatic heterocycles. The zero-order valence-electron chi connectivity index (χ0n) is 17.4. The first kappa shape index (κ1) is 20.5. The molecule has 0 aliphatic carbocycles. The number of benzene rings is 1. The molecule has 1 fully saturated rings. The van der Waals surface area contributed by atoms with Crippen molar-refractivity contribution in [2.45, 2.75) is 25.9 Å². The molecule has 4 rings (SSSR count). The van der Waals surface area contributed by atoms with Crippen LogP contribution >= 0.6 is 0 Å². The minimum Gasteiger partial charge on any atom is -0.472 e. The molecule has 0 spiro atoms. The van der Waals surface area contributed by atoms with Gasteiger partial charge in [0.05, 0.1) is 37.3 Å². The molecule has 1 amide bonds. The summed E-state index contributed by atoms with van der Waals surface area (Å²) in [5.41, 5.74) is 2.17. The third kappa shape index (κ3) is 4.25. The fraction of sp³-hybridized carbons (Fsp3) is 0.318. The molecule has 0 bridgehead atoms. The quantitative estimate of drug-likeness (QED) is 0.584. The summed E-state index contributed by atoms with van der Waals surface area (Å²) in [7, 11) is 1.32. The number of hydrogen-bond donors (Lipinski definition) is 0. The predicted octanol–water partition coefficient (Wildman–Crippen LogP) is 2.44. The summed E-state index contributed by atoms with van der Waals surface area (Å²) in [6, 6.07) is 8.97. The van der Waals surface area contributed by atoms with Crippen molar-refractivity contribution in [1.29, 1.82) is 0 Å². The Morgan fingerprint density at radius 3 is 2.65 bits per heavy atom. The van der Waals surface area contributed by atoms with E-state index in [9.17, 15) is 9.59 Å². The van der Waals surface area contributed by atoms with Crippen molar-refractivity contribution in [3.05, 3.63) is 65.6 Å². The van der Waals surface area contributed by atoms with Crippen molar-refractivity contribution in [1.82, 2.24) is 24.9 Å². The van der Waals surface area contributed by atoms with E-state index in [0.717, 1.165) is 18.4 Å². The Morgan fingerprint density at radius 1 is 1.10 bits per heavy atom. The molecule has 0 unspecified atom stereocenters. The van der Waals surface area contributed by atoms with E-state index in [0.29, 0.717) is 29.9 Å². The maximum atomic E-state index is 13.3. The van der Waals surface area contributed by atoms with Crippen LogP contribution in [-0.4, -0.2) is 63.1 Å². The lowest BCUT2D eigenvalue weighted by molar-refractivity contribution is 0.0497. The second kappa shape index (κ2) is 8.95. The first-order chi connectivity index (χ1) is 15.1. The normalized spacial score (nSPS) is 16.1. The molecule has 0 N–H and O–H groups in total. The molecule has 1 atom stereocenters. The zero-order chi connectivity index (χ0) is 21.8. The molecule has 160 valence electrons. The summed E-state index contributed by atoms with van der Waals surface area (Å²) < 4.78 is 10.9. The minimum absolute atomic E-state index is 0.119. The number of pyridine rings is 1. The third-order valence-corrected chi connectivity index (χ3v) is 5.23. The maximum absolute atomic E-state index is 13.3. The van der Waals surface area contributed by atoms with E-state index in [-0.39, 0.29) is 17.9 Å². The molecule has 31 heavy (non-hydrogen) atoms. The number of carbonyl (C=O) groups is 2. The number of aryl methyl sites for hydroxylation is 1. The Kier molecular flexibility index (Phi) is 5.92. The van der Waals surface area contributed by atoms with Gasteiger partial charge in [-0.15, -0.1) is 0 Å². The number of rotatable bonds is 5. The number of likely N-dealkylation sites (tertiary alicyclic amines) is 1. The lowest BCUT2D eigenvalue weighted by atomic mass is 10.1. The van der Waals surface area contributed by atoms with Gasteiger partial charge in [0.15, 0.2) is 0 Å². The Labute approximate surface area is 179 Å². The first-order valence-electron chi connectivity index (χ1n) is 10.0. The molecule has 9 nitrogen and oxygen atoms in total. The van der Waals surface area contributed by atoms with Crippen molar-refractivity contribution in [2.75, 3.05) is 20.2 Å². The molecule has 1 saturated heterocycles. The highest BCUT2D eigenvalue weighted by molar-refractivity contribution is 5.97. The number of hydrogen-bond acceptors (Lipinski definition) is 7. The average Bonchev–Trinajstić information content (AvgIpc) is 3.33. The van der Waals surface area contributed by atoms with Crippen LogP contribution in [0, 0.1) is 6.92 Å². The van der Waals surface area contributed by atoms with Gasteiger partial charge in [0.2, 0.25) is 5.88 Å². The summed E-state index contributed by atoms with van der Waals surface area (Å²) >= 11 is 0. The van der Waals surface area contributed by atoms with E-state index in [1.165, 1.54) is 11.9 Å². The highest BCUT2D eigenvalue weighted by Crippen LogP contribution is 2.25. The number of amides is 1. The lowest BCUT2D eigenvalue weighted by Gasteiger charge is -2.33. The van der Waals surface area contributed by atoms with Crippen molar-refractivity contribution >= 4 is 11.9 Å². The SMILES string of the molecule is COC(=O)c1c(C)ccnc1O[C@@H]1CCCN(C(=O)c2ccccc2-n2nccn2)C1. The standard InChI is InChI=1S/C22H23N5O4/c1-15-9-10-23-20(19(15)22(29)30-2)31-16-6-5-13-26(14-16)21(28)17-7-3-4-8-18(17)27-24-11-12-25-27/h3-4,7-12,16H,5-6,13-14H2,1-2H3/t16-/m1/s1. The Balaban J connectivity index is 1.54. The number of nitrogens with zero attached hydrogens (tertiary/aromatic N) is 5. The summed E-state index contributed by atoms with van der Waals surface area (Å²) in [5.74, 6) is -0.385. The van der Waals surface area contributed by atoms with Crippen LogP contribution in [0.4, 0.5) is 0 Å². The third-order valence-electron chi connectivity index (χ3n) is 5.23. The van der Waals surface area contributed by atoms with Crippen LogP contribution in [0.3, 0.4) is 0 Å². The molecule has 1 aromatic carbocycles.